The van der Waals surface area contributed by atoms with Gasteiger partial charge in [0.25, 0.3) is 0 Å². The Hall–Kier alpha value is -0.810. The molecule has 1 heterocycles. The minimum absolute atomic E-state index is 0.0450. The third-order valence-electron chi connectivity index (χ3n) is 5.25. The van der Waals surface area contributed by atoms with Crippen molar-refractivity contribution in [1.29, 1.82) is 0 Å². The zero-order valence-electron chi connectivity index (χ0n) is 13.9. The summed E-state index contributed by atoms with van der Waals surface area (Å²) in [6.45, 7) is 3.34. The normalized spacial score (nSPS) is 25.3. The van der Waals surface area contributed by atoms with Gasteiger partial charge in [0.1, 0.15) is 0 Å². The van der Waals surface area contributed by atoms with Gasteiger partial charge in [0, 0.05) is 25.0 Å². The zero-order valence-corrected chi connectivity index (χ0v) is 15.4. The van der Waals surface area contributed by atoms with Gasteiger partial charge in [-0.2, -0.15) is 0 Å². The van der Waals surface area contributed by atoms with E-state index < -0.39 is 0 Å². The van der Waals surface area contributed by atoms with Crippen molar-refractivity contribution in [3.05, 3.63) is 33.8 Å². The molecule has 4 nitrogen and oxygen atoms in total. The van der Waals surface area contributed by atoms with Crippen LogP contribution in [0.15, 0.2) is 18.2 Å². The second-order valence-electron chi connectivity index (χ2n) is 7.02. The van der Waals surface area contributed by atoms with Crippen LogP contribution >= 0.6 is 23.2 Å². The Kier molecular flexibility index (Phi) is 5.70. The first-order chi connectivity index (χ1) is 11.5. The molecule has 1 aromatic rings. The van der Waals surface area contributed by atoms with Gasteiger partial charge >= 0.3 is 0 Å². The molecule has 0 bridgehead atoms. The van der Waals surface area contributed by atoms with Crippen molar-refractivity contribution >= 4 is 29.1 Å². The maximum absolute atomic E-state index is 12.5. The van der Waals surface area contributed by atoms with E-state index in [4.69, 9.17) is 27.9 Å². The molecule has 1 saturated carbocycles. The van der Waals surface area contributed by atoms with Crippen LogP contribution in [0.3, 0.4) is 0 Å². The molecule has 24 heavy (non-hydrogen) atoms. The summed E-state index contributed by atoms with van der Waals surface area (Å²) >= 11 is 12.0. The Morgan fingerprint density at radius 3 is 2.75 bits per heavy atom. The van der Waals surface area contributed by atoms with Crippen molar-refractivity contribution in [3.8, 4) is 0 Å². The highest BCUT2D eigenvalue weighted by molar-refractivity contribution is 6.42. The molecule has 6 heteroatoms. The van der Waals surface area contributed by atoms with Crippen LogP contribution < -0.4 is 10.6 Å². The highest BCUT2D eigenvalue weighted by Gasteiger charge is 2.44. The fourth-order valence-electron chi connectivity index (χ4n) is 3.64. The summed E-state index contributed by atoms with van der Waals surface area (Å²) in [5.41, 5.74) is 1.15. The molecule has 0 spiro atoms. The van der Waals surface area contributed by atoms with Gasteiger partial charge < -0.3 is 15.4 Å². The first-order valence-corrected chi connectivity index (χ1v) is 9.23. The molecule has 0 aromatic heterocycles. The molecule has 3 rings (SSSR count). The predicted octanol–water partition coefficient (Wildman–Crippen LogP) is 3.23. The van der Waals surface area contributed by atoms with Crippen LogP contribution in [-0.2, 0) is 9.53 Å². The van der Waals surface area contributed by atoms with Crippen LogP contribution in [0.1, 0.15) is 30.7 Å². The predicted molar refractivity (Wildman–Crippen MR) is 96.7 cm³/mol. The van der Waals surface area contributed by atoms with Crippen LogP contribution in [-0.4, -0.2) is 39.3 Å². The molecule has 2 fully saturated rings. The summed E-state index contributed by atoms with van der Waals surface area (Å²) in [5.74, 6) is 0.440. The molecular formula is C18H24Cl2N2O2. The number of carbonyl (C=O) groups excluding carboxylic acids is 1. The Labute approximate surface area is 153 Å². The van der Waals surface area contributed by atoms with Crippen LogP contribution in [0.4, 0.5) is 0 Å². The number of halogens is 2. The Balaban J connectivity index is 1.55. The van der Waals surface area contributed by atoms with Gasteiger partial charge in [-0.25, -0.2) is 0 Å². The zero-order chi connectivity index (χ0) is 17.2. The number of hydrogen-bond donors (Lipinski definition) is 2. The number of piperidine rings is 1. The topological polar surface area (TPSA) is 50.4 Å². The van der Waals surface area contributed by atoms with Crippen molar-refractivity contribution < 1.29 is 9.53 Å². The highest BCUT2D eigenvalue weighted by atomic mass is 35.5. The molecule has 2 unspecified atom stereocenters. The number of methoxy groups -OCH3 is 1. The van der Waals surface area contributed by atoms with E-state index in [0.29, 0.717) is 23.2 Å². The van der Waals surface area contributed by atoms with Gasteiger partial charge in [-0.05, 0) is 56.0 Å². The molecule has 2 atom stereocenters. The van der Waals surface area contributed by atoms with E-state index in [1.165, 1.54) is 0 Å². The first kappa shape index (κ1) is 18.0. The minimum atomic E-state index is 0.0450. The Morgan fingerprint density at radius 2 is 2.08 bits per heavy atom. The fraction of sp³-hybridized carbons (Fsp3) is 0.611. The standard InChI is InChI=1S/C18H24Cl2N2O2/c1-24-11-18(4-6-21-7-5-18)10-22-17(23)14-9-13(14)12-2-3-15(19)16(20)8-12/h2-3,8,13-14,21H,4-7,9-11H2,1H3,(H,22,23). The third kappa shape index (κ3) is 4.05. The molecule has 1 aromatic carbocycles. The summed E-state index contributed by atoms with van der Waals surface area (Å²) < 4.78 is 5.40. The number of ether oxygens (including phenoxy) is 1. The fourth-order valence-corrected chi connectivity index (χ4v) is 3.94. The van der Waals surface area contributed by atoms with E-state index >= 15 is 0 Å². The summed E-state index contributed by atoms with van der Waals surface area (Å²) in [7, 11) is 1.73. The lowest BCUT2D eigenvalue weighted by Gasteiger charge is -2.37. The van der Waals surface area contributed by atoms with Crippen LogP contribution in [0, 0.1) is 11.3 Å². The van der Waals surface area contributed by atoms with Gasteiger partial charge in [0.15, 0.2) is 0 Å². The van der Waals surface area contributed by atoms with Gasteiger partial charge in [-0.1, -0.05) is 29.3 Å². The number of benzene rings is 1. The molecule has 2 aliphatic rings. The van der Waals surface area contributed by atoms with Crippen LogP contribution in [0.5, 0.6) is 0 Å². The lowest BCUT2D eigenvalue weighted by Crippen LogP contribution is -2.47. The van der Waals surface area contributed by atoms with E-state index in [-0.39, 0.29) is 23.2 Å². The van der Waals surface area contributed by atoms with Crippen molar-refractivity contribution in [2.75, 3.05) is 33.4 Å². The number of hydrogen-bond acceptors (Lipinski definition) is 3. The molecule has 1 amide bonds. The van der Waals surface area contributed by atoms with Gasteiger partial charge in [0.2, 0.25) is 5.91 Å². The third-order valence-corrected chi connectivity index (χ3v) is 5.99. The molecule has 1 aliphatic heterocycles. The van der Waals surface area contributed by atoms with Crippen LogP contribution in [0.25, 0.3) is 0 Å². The number of nitrogens with one attached hydrogen (secondary N) is 2. The summed E-state index contributed by atoms with van der Waals surface area (Å²) in [4.78, 5) is 12.5. The van der Waals surface area contributed by atoms with Crippen molar-refractivity contribution in [3.63, 3.8) is 0 Å². The summed E-state index contributed by atoms with van der Waals surface area (Å²) in [6, 6.07) is 5.64. The number of carbonyl (C=O) groups is 1. The molecular weight excluding hydrogens is 347 g/mol. The summed E-state index contributed by atoms with van der Waals surface area (Å²) in [6.07, 6.45) is 2.94. The molecule has 1 saturated heterocycles. The lowest BCUT2D eigenvalue weighted by molar-refractivity contribution is -0.123. The van der Waals surface area contributed by atoms with Gasteiger partial charge in [0.05, 0.1) is 16.7 Å². The highest BCUT2D eigenvalue weighted by Crippen LogP contribution is 2.48. The monoisotopic (exact) mass is 370 g/mol. The van der Waals surface area contributed by atoms with E-state index in [0.717, 1.165) is 37.9 Å². The molecule has 1 aliphatic carbocycles. The average molecular weight is 371 g/mol. The van der Waals surface area contributed by atoms with Crippen molar-refractivity contribution in [2.45, 2.75) is 25.2 Å². The van der Waals surface area contributed by atoms with E-state index in [1.807, 2.05) is 12.1 Å². The Bertz CT molecular complexity index is 597. The van der Waals surface area contributed by atoms with E-state index in [9.17, 15) is 4.79 Å². The van der Waals surface area contributed by atoms with Crippen molar-refractivity contribution in [1.82, 2.24) is 10.6 Å². The second kappa shape index (κ2) is 7.61. The second-order valence-corrected chi connectivity index (χ2v) is 7.84. The van der Waals surface area contributed by atoms with Gasteiger partial charge in [-0.3, -0.25) is 4.79 Å². The van der Waals surface area contributed by atoms with E-state index in [1.54, 1.807) is 13.2 Å². The lowest BCUT2D eigenvalue weighted by atomic mass is 9.79. The Morgan fingerprint density at radius 1 is 1.33 bits per heavy atom. The molecule has 0 radical (unpaired) electrons. The molecule has 132 valence electrons. The minimum Gasteiger partial charge on any atom is -0.384 e. The molecule has 2 N–H and O–H groups in total. The maximum Gasteiger partial charge on any atom is 0.223 e. The van der Waals surface area contributed by atoms with E-state index in [2.05, 4.69) is 10.6 Å². The maximum atomic E-state index is 12.5. The number of amides is 1. The smallest absolute Gasteiger partial charge is 0.223 e. The average Bonchev–Trinajstić information content (AvgIpc) is 3.37. The summed E-state index contributed by atoms with van der Waals surface area (Å²) in [5, 5.41) is 7.63. The largest absolute Gasteiger partial charge is 0.384 e. The quantitative estimate of drug-likeness (QED) is 0.807. The number of rotatable bonds is 6. The first-order valence-electron chi connectivity index (χ1n) is 8.47. The SMILES string of the molecule is COCC1(CNC(=O)C2CC2c2ccc(Cl)c(Cl)c2)CCNCC1. The van der Waals surface area contributed by atoms with Crippen molar-refractivity contribution in [2.24, 2.45) is 11.3 Å². The van der Waals surface area contributed by atoms with Crippen LogP contribution in [0.2, 0.25) is 10.0 Å². The van der Waals surface area contributed by atoms with Gasteiger partial charge in [-0.15, -0.1) is 0 Å².